The lowest BCUT2D eigenvalue weighted by Gasteiger charge is -2.37. The van der Waals surface area contributed by atoms with Gasteiger partial charge in [0.25, 0.3) is 0 Å². The Morgan fingerprint density at radius 1 is 1.22 bits per heavy atom. The third-order valence-electron chi connectivity index (χ3n) is 7.33. The molecule has 1 aromatic carbocycles. The molecule has 1 fully saturated rings. The lowest BCUT2D eigenvalue weighted by Crippen LogP contribution is -2.46. The molecule has 0 saturated carbocycles. The number of ether oxygens (including phenoxy) is 3. The maximum Gasteiger partial charge on any atom is 0.223 e. The second-order valence-corrected chi connectivity index (χ2v) is 16.2. The maximum absolute atomic E-state index is 16.7. The van der Waals surface area contributed by atoms with Crippen molar-refractivity contribution in [3.63, 3.8) is 0 Å². The number of halogens is 2. The Morgan fingerprint density at radius 2 is 1.89 bits per heavy atom. The number of nitrogens with zero attached hydrogens (tertiary/aromatic N) is 4. The molecule has 1 saturated heterocycles. The van der Waals surface area contributed by atoms with Crippen LogP contribution in [-0.4, -0.2) is 59.4 Å². The minimum Gasteiger partial charge on any atom is -0.497 e. The Balaban J connectivity index is 1.65. The number of methoxy groups -OCH3 is 1. The molecule has 0 aliphatic carbocycles. The molecule has 2 aromatic heterocycles. The number of benzene rings is 1. The average Bonchev–Trinajstić information content (AvgIpc) is 3.33. The summed E-state index contributed by atoms with van der Waals surface area (Å²) in [6, 6.07) is 7.44. The number of nitrogens with two attached hydrogens (primary N) is 1. The number of nitrogen functional groups attached to an aromatic ring is 1. The largest absolute Gasteiger partial charge is 0.497 e. The number of rotatable bonds is 8. The first-order chi connectivity index (χ1) is 17.2. The molecule has 0 bridgehead atoms. The van der Waals surface area contributed by atoms with E-state index in [-0.39, 0.29) is 35.0 Å². The third kappa shape index (κ3) is 5.46. The monoisotopic (exact) mass is 551 g/mol. The molecule has 4 rings (SSSR count). The number of aromatic nitrogens is 4. The lowest BCUT2D eigenvalue weighted by atomic mass is 9.98. The number of imidazole rings is 1. The Morgan fingerprint density at radius 3 is 2.51 bits per heavy atom. The first-order valence-electron chi connectivity index (χ1n) is 12.1. The second kappa shape index (κ2) is 10.1. The molecule has 2 N–H and O–H groups in total. The van der Waals surface area contributed by atoms with Crippen molar-refractivity contribution in [1.29, 1.82) is 0 Å². The number of anilines is 1. The van der Waals surface area contributed by atoms with Gasteiger partial charge in [0.2, 0.25) is 5.95 Å². The van der Waals surface area contributed by atoms with Crippen molar-refractivity contribution in [3.05, 3.63) is 41.3 Å². The summed E-state index contributed by atoms with van der Waals surface area (Å²) in [5, 5.41) is 0.0693. The van der Waals surface area contributed by atoms with Crippen LogP contribution in [0.4, 0.5) is 10.3 Å². The predicted molar refractivity (Wildman–Crippen MR) is 143 cm³/mol. The van der Waals surface area contributed by atoms with Crippen LogP contribution >= 0.6 is 11.6 Å². The standard InChI is InChI=1S/C25H35ClFN5O4Si/c1-24(2,3)37(6,7)35-13-17-19(34-12-15-8-10-16(33-5)11-9-15)25(4,27)22(36-17)32-14-29-18-20(26)30-23(28)31-21(18)32/h8-11,14,17,19,22H,12-13H2,1-7H3,(H2,28,30,31)/t17-,19-,22-,25-/m1/s1. The van der Waals surface area contributed by atoms with Crippen molar-refractivity contribution in [2.45, 2.75) is 76.5 Å². The van der Waals surface area contributed by atoms with Crippen LogP contribution in [0.25, 0.3) is 11.2 Å². The van der Waals surface area contributed by atoms with Gasteiger partial charge in [0.05, 0.1) is 26.7 Å². The van der Waals surface area contributed by atoms with E-state index in [1.54, 1.807) is 7.11 Å². The average molecular weight is 552 g/mol. The summed E-state index contributed by atoms with van der Waals surface area (Å²) < 4.78 is 42.4. The molecule has 1 aliphatic heterocycles. The zero-order valence-electron chi connectivity index (χ0n) is 22.3. The van der Waals surface area contributed by atoms with Gasteiger partial charge >= 0.3 is 0 Å². The highest BCUT2D eigenvalue weighted by Crippen LogP contribution is 2.45. The Kier molecular flexibility index (Phi) is 7.57. The third-order valence-corrected chi connectivity index (χ3v) is 12.1. The quantitative estimate of drug-likeness (QED) is 0.297. The van der Waals surface area contributed by atoms with Crippen molar-refractivity contribution in [3.8, 4) is 5.75 Å². The molecule has 1 aliphatic rings. The van der Waals surface area contributed by atoms with E-state index in [1.165, 1.54) is 17.8 Å². The van der Waals surface area contributed by atoms with E-state index in [4.69, 9.17) is 36.0 Å². The molecule has 0 radical (unpaired) electrons. The number of hydrogen-bond donors (Lipinski definition) is 1. The van der Waals surface area contributed by atoms with Gasteiger partial charge in [-0.2, -0.15) is 9.97 Å². The summed E-state index contributed by atoms with van der Waals surface area (Å²) in [5.74, 6) is 0.693. The second-order valence-electron chi connectivity index (χ2n) is 11.0. The molecule has 0 amide bonds. The highest BCUT2D eigenvalue weighted by Gasteiger charge is 2.57. The molecular weight excluding hydrogens is 517 g/mol. The van der Waals surface area contributed by atoms with E-state index >= 15 is 4.39 Å². The molecule has 0 spiro atoms. The van der Waals surface area contributed by atoms with Gasteiger partial charge in [-0.15, -0.1) is 0 Å². The van der Waals surface area contributed by atoms with E-state index in [9.17, 15) is 0 Å². The first-order valence-corrected chi connectivity index (χ1v) is 15.4. The number of alkyl halides is 1. The van der Waals surface area contributed by atoms with Crippen molar-refractivity contribution >= 4 is 37.0 Å². The minimum absolute atomic E-state index is 0.0186. The zero-order chi connectivity index (χ0) is 27.2. The van der Waals surface area contributed by atoms with E-state index in [0.29, 0.717) is 5.52 Å². The van der Waals surface area contributed by atoms with Crippen LogP contribution in [0.5, 0.6) is 5.75 Å². The number of hydrogen-bond acceptors (Lipinski definition) is 8. The summed E-state index contributed by atoms with van der Waals surface area (Å²) >= 11 is 6.20. The summed E-state index contributed by atoms with van der Waals surface area (Å²) in [7, 11) is -0.533. The van der Waals surface area contributed by atoms with Crippen molar-refractivity contribution in [2.75, 3.05) is 19.5 Å². The minimum atomic E-state index is -2.14. The smallest absolute Gasteiger partial charge is 0.223 e. The Hall–Kier alpha value is -2.31. The van der Waals surface area contributed by atoms with Crippen molar-refractivity contribution in [1.82, 2.24) is 19.5 Å². The van der Waals surface area contributed by atoms with Crippen molar-refractivity contribution in [2.24, 2.45) is 0 Å². The molecule has 9 nitrogen and oxygen atoms in total. The van der Waals surface area contributed by atoms with Crippen LogP contribution in [-0.2, 0) is 20.5 Å². The maximum atomic E-state index is 16.7. The fourth-order valence-corrected chi connectivity index (χ4v) is 5.33. The molecule has 3 heterocycles. The van der Waals surface area contributed by atoms with Gasteiger partial charge in [-0.25, -0.2) is 9.37 Å². The van der Waals surface area contributed by atoms with Gasteiger partial charge in [0, 0.05) is 0 Å². The van der Waals surface area contributed by atoms with Crippen LogP contribution in [0.2, 0.25) is 23.3 Å². The van der Waals surface area contributed by atoms with Crippen LogP contribution in [0.1, 0.15) is 39.5 Å². The number of fused-ring (bicyclic) bond motifs is 1. The van der Waals surface area contributed by atoms with Crippen molar-refractivity contribution < 1.29 is 23.0 Å². The van der Waals surface area contributed by atoms with Crippen LogP contribution in [0.3, 0.4) is 0 Å². The molecule has 12 heteroatoms. The summed E-state index contributed by atoms with van der Waals surface area (Å²) in [5.41, 5.74) is 5.32. The topological polar surface area (TPSA) is 107 Å². The van der Waals surface area contributed by atoms with E-state index in [1.807, 2.05) is 24.3 Å². The molecular formula is C25H35ClFN5O4Si. The molecule has 202 valence electrons. The van der Waals surface area contributed by atoms with Gasteiger partial charge in [-0.3, -0.25) is 4.57 Å². The zero-order valence-corrected chi connectivity index (χ0v) is 24.0. The molecule has 37 heavy (non-hydrogen) atoms. The first kappa shape index (κ1) is 27.7. The Bertz CT molecular complexity index is 1250. The van der Waals surface area contributed by atoms with Crippen LogP contribution in [0.15, 0.2) is 30.6 Å². The summed E-state index contributed by atoms with van der Waals surface area (Å²) in [6.07, 6.45) is -1.28. The van der Waals surface area contributed by atoms with E-state index in [0.717, 1.165) is 11.3 Å². The van der Waals surface area contributed by atoms with E-state index < -0.39 is 32.4 Å². The fourth-order valence-electron chi connectivity index (χ4n) is 4.09. The molecule has 0 unspecified atom stereocenters. The van der Waals surface area contributed by atoms with Gasteiger partial charge in [0.15, 0.2) is 31.0 Å². The van der Waals surface area contributed by atoms with Gasteiger partial charge < -0.3 is 24.4 Å². The Labute approximate surface area is 222 Å². The van der Waals surface area contributed by atoms with E-state index in [2.05, 4.69) is 48.8 Å². The van der Waals surface area contributed by atoms with Gasteiger partial charge in [-0.1, -0.05) is 44.5 Å². The normalized spacial score (nSPS) is 24.6. The van der Waals surface area contributed by atoms with Gasteiger partial charge in [0.1, 0.15) is 23.5 Å². The van der Waals surface area contributed by atoms with Gasteiger partial charge in [-0.05, 0) is 42.8 Å². The highest BCUT2D eigenvalue weighted by atomic mass is 35.5. The molecule has 4 atom stereocenters. The fraction of sp³-hybridized carbons (Fsp3) is 0.560. The predicted octanol–water partition coefficient (Wildman–Crippen LogP) is 5.30. The SMILES string of the molecule is COc1ccc(CO[C@@H]2[C@@H](CO[Si](C)(C)C(C)(C)C)O[C@@H](n3cnc4c(Cl)nc(N)nc43)[C@]2(C)F)cc1. The lowest BCUT2D eigenvalue weighted by molar-refractivity contribution is -0.0659. The van der Waals surface area contributed by atoms with Crippen LogP contribution < -0.4 is 10.5 Å². The summed E-state index contributed by atoms with van der Waals surface area (Å²) in [4.78, 5) is 12.5. The summed E-state index contributed by atoms with van der Waals surface area (Å²) in [6.45, 7) is 12.6. The van der Waals surface area contributed by atoms with Crippen LogP contribution in [0, 0.1) is 0 Å². The molecule has 3 aromatic rings. The highest BCUT2D eigenvalue weighted by molar-refractivity contribution is 6.74.